The van der Waals surface area contributed by atoms with Crippen molar-refractivity contribution in [3.05, 3.63) is 0 Å². The summed E-state index contributed by atoms with van der Waals surface area (Å²) in [5.74, 6) is 1.04. The van der Waals surface area contributed by atoms with Crippen LogP contribution < -0.4 is 5.73 Å². The first-order valence-electron chi connectivity index (χ1n) is 5.31. The molecule has 0 aliphatic heterocycles. The highest BCUT2D eigenvalue weighted by Gasteiger charge is 2.34. The van der Waals surface area contributed by atoms with Gasteiger partial charge in [-0.1, -0.05) is 0 Å². The number of nitrogens with two attached hydrogens (primary N) is 1. The van der Waals surface area contributed by atoms with Crippen molar-refractivity contribution in [3.63, 3.8) is 0 Å². The van der Waals surface area contributed by atoms with Gasteiger partial charge in [0, 0.05) is 25.6 Å². The standard InChI is InChI=1S/C10H18N2O/c11-5-6-12(9-3-4-9)10(13)7-8-1-2-8/h8-9H,1-7,11H2. The van der Waals surface area contributed by atoms with Crippen LogP contribution in [-0.4, -0.2) is 29.9 Å². The Hall–Kier alpha value is -0.570. The van der Waals surface area contributed by atoms with E-state index < -0.39 is 0 Å². The molecule has 2 saturated carbocycles. The Morgan fingerprint density at radius 1 is 1.31 bits per heavy atom. The molecular formula is C10H18N2O. The van der Waals surface area contributed by atoms with E-state index in [1.807, 2.05) is 4.90 Å². The summed E-state index contributed by atoms with van der Waals surface area (Å²) in [4.78, 5) is 13.7. The molecule has 1 amide bonds. The molecule has 0 radical (unpaired) electrons. The van der Waals surface area contributed by atoms with Crippen LogP contribution in [0, 0.1) is 5.92 Å². The Labute approximate surface area is 79.3 Å². The zero-order valence-electron chi connectivity index (χ0n) is 8.04. The summed E-state index contributed by atoms with van der Waals surface area (Å²) in [6, 6.07) is 0.537. The minimum Gasteiger partial charge on any atom is -0.338 e. The molecule has 2 fully saturated rings. The Balaban J connectivity index is 1.81. The molecule has 3 heteroatoms. The summed E-state index contributed by atoms with van der Waals surface area (Å²) in [6.07, 6.45) is 5.67. The fourth-order valence-corrected chi connectivity index (χ4v) is 1.72. The molecule has 2 aliphatic carbocycles. The second-order valence-electron chi connectivity index (χ2n) is 4.25. The van der Waals surface area contributed by atoms with Gasteiger partial charge in [-0.3, -0.25) is 4.79 Å². The maximum Gasteiger partial charge on any atom is 0.223 e. The van der Waals surface area contributed by atoms with E-state index in [0.29, 0.717) is 24.4 Å². The van der Waals surface area contributed by atoms with Gasteiger partial charge in [-0.2, -0.15) is 0 Å². The quantitative estimate of drug-likeness (QED) is 0.681. The average molecular weight is 182 g/mol. The van der Waals surface area contributed by atoms with Gasteiger partial charge in [0.25, 0.3) is 0 Å². The van der Waals surface area contributed by atoms with Crippen LogP contribution >= 0.6 is 0 Å². The lowest BCUT2D eigenvalue weighted by atomic mass is 10.2. The molecule has 0 bridgehead atoms. The summed E-state index contributed by atoms with van der Waals surface area (Å²) in [6.45, 7) is 1.36. The molecule has 2 N–H and O–H groups in total. The lowest BCUT2D eigenvalue weighted by molar-refractivity contribution is -0.132. The van der Waals surface area contributed by atoms with Crippen LogP contribution in [-0.2, 0) is 4.79 Å². The Bertz CT molecular complexity index is 197. The fourth-order valence-electron chi connectivity index (χ4n) is 1.72. The van der Waals surface area contributed by atoms with E-state index in [1.54, 1.807) is 0 Å². The predicted octanol–water partition coefficient (Wildman–Crippen LogP) is 0.736. The number of rotatable bonds is 5. The van der Waals surface area contributed by atoms with Gasteiger partial charge in [0.05, 0.1) is 0 Å². The molecule has 0 saturated heterocycles. The highest BCUT2D eigenvalue weighted by atomic mass is 16.2. The van der Waals surface area contributed by atoms with Crippen LogP contribution in [0.2, 0.25) is 0 Å². The van der Waals surface area contributed by atoms with Gasteiger partial charge < -0.3 is 10.6 Å². The number of carbonyl (C=O) groups excluding carboxylic acids is 1. The summed E-state index contributed by atoms with van der Waals surface area (Å²) in [7, 11) is 0. The van der Waals surface area contributed by atoms with Gasteiger partial charge in [-0.05, 0) is 31.6 Å². The lowest BCUT2D eigenvalue weighted by Gasteiger charge is -2.21. The van der Waals surface area contributed by atoms with E-state index in [4.69, 9.17) is 5.73 Å². The zero-order valence-corrected chi connectivity index (χ0v) is 8.04. The molecule has 74 valence electrons. The van der Waals surface area contributed by atoms with Gasteiger partial charge in [0.2, 0.25) is 5.91 Å². The van der Waals surface area contributed by atoms with Crippen LogP contribution in [0.5, 0.6) is 0 Å². The van der Waals surface area contributed by atoms with Gasteiger partial charge in [0.15, 0.2) is 0 Å². The van der Waals surface area contributed by atoms with Gasteiger partial charge in [0.1, 0.15) is 0 Å². The number of hydrogen-bond acceptors (Lipinski definition) is 2. The molecule has 0 aromatic heterocycles. The third-order valence-corrected chi connectivity index (χ3v) is 2.84. The second kappa shape index (κ2) is 3.66. The molecule has 3 nitrogen and oxygen atoms in total. The van der Waals surface area contributed by atoms with E-state index in [2.05, 4.69) is 0 Å². The third kappa shape index (κ3) is 2.44. The van der Waals surface area contributed by atoms with Crippen LogP contribution in [0.15, 0.2) is 0 Å². The second-order valence-corrected chi connectivity index (χ2v) is 4.25. The molecular weight excluding hydrogens is 164 g/mol. The molecule has 0 spiro atoms. The van der Waals surface area contributed by atoms with Gasteiger partial charge in [-0.25, -0.2) is 0 Å². The smallest absolute Gasteiger partial charge is 0.223 e. The first-order valence-corrected chi connectivity index (χ1v) is 5.31. The van der Waals surface area contributed by atoms with Gasteiger partial charge >= 0.3 is 0 Å². The molecule has 0 unspecified atom stereocenters. The number of carbonyl (C=O) groups is 1. The monoisotopic (exact) mass is 182 g/mol. The Morgan fingerprint density at radius 3 is 2.46 bits per heavy atom. The first-order chi connectivity index (χ1) is 6.31. The number of amides is 1. The highest BCUT2D eigenvalue weighted by molar-refractivity contribution is 5.77. The first kappa shape index (κ1) is 9.00. The van der Waals surface area contributed by atoms with Crippen molar-refractivity contribution in [2.45, 2.75) is 38.1 Å². The van der Waals surface area contributed by atoms with Crippen LogP contribution in [0.1, 0.15) is 32.1 Å². The van der Waals surface area contributed by atoms with Crippen LogP contribution in [0.25, 0.3) is 0 Å². The van der Waals surface area contributed by atoms with Crippen molar-refractivity contribution in [1.82, 2.24) is 4.90 Å². The highest BCUT2D eigenvalue weighted by Crippen LogP contribution is 2.35. The van der Waals surface area contributed by atoms with E-state index >= 15 is 0 Å². The largest absolute Gasteiger partial charge is 0.338 e. The maximum atomic E-state index is 11.7. The third-order valence-electron chi connectivity index (χ3n) is 2.84. The normalized spacial score (nSPS) is 21.6. The van der Waals surface area contributed by atoms with Crippen LogP contribution in [0.3, 0.4) is 0 Å². The van der Waals surface area contributed by atoms with Crippen molar-refractivity contribution in [3.8, 4) is 0 Å². The number of hydrogen-bond donors (Lipinski definition) is 1. The molecule has 0 atom stereocenters. The van der Waals surface area contributed by atoms with Crippen molar-refractivity contribution < 1.29 is 4.79 Å². The fraction of sp³-hybridized carbons (Fsp3) is 0.900. The van der Waals surface area contributed by atoms with Crippen molar-refractivity contribution in [2.24, 2.45) is 11.7 Å². The summed E-state index contributed by atoms with van der Waals surface area (Å²) in [5.41, 5.74) is 5.49. The lowest BCUT2D eigenvalue weighted by Crippen LogP contribution is -2.37. The molecule has 13 heavy (non-hydrogen) atoms. The van der Waals surface area contributed by atoms with Crippen molar-refractivity contribution in [1.29, 1.82) is 0 Å². The molecule has 0 heterocycles. The summed E-state index contributed by atoms with van der Waals surface area (Å²) >= 11 is 0. The van der Waals surface area contributed by atoms with Crippen molar-refractivity contribution >= 4 is 5.91 Å². The van der Waals surface area contributed by atoms with E-state index in [-0.39, 0.29) is 0 Å². The maximum absolute atomic E-state index is 11.7. The summed E-state index contributed by atoms with van der Waals surface area (Å²) in [5, 5.41) is 0. The van der Waals surface area contributed by atoms with E-state index in [9.17, 15) is 4.79 Å². The van der Waals surface area contributed by atoms with E-state index in [0.717, 1.165) is 13.0 Å². The zero-order chi connectivity index (χ0) is 9.26. The Morgan fingerprint density at radius 2 is 2.00 bits per heavy atom. The minimum atomic E-state index is 0.343. The van der Waals surface area contributed by atoms with Gasteiger partial charge in [-0.15, -0.1) is 0 Å². The number of nitrogens with zero attached hydrogens (tertiary/aromatic N) is 1. The average Bonchev–Trinajstić information content (AvgIpc) is 2.92. The molecule has 2 aliphatic rings. The Kier molecular flexibility index (Phi) is 2.54. The predicted molar refractivity (Wildman–Crippen MR) is 51.1 cm³/mol. The SMILES string of the molecule is NCCN(C(=O)CC1CC1)C1CC1. The minimum absolute atomic E-state index is 0.343. The summed E-state index contributed by atoms with van der Waals surface area (Å²) < 4.78 is 0. The molecule has 2 rings (SSSR count). The molecule has 0 aromatic carbocycles. The topological polar surface area (TPSA) is 46.3 Å². The van der Waals surface area contributed by atoms with E-state index in [1.165, 1.54) is 25.7 Å². The van der Waals surface area contributed by atoms with Crippen molar-refractivity contribution in [2.75, 3.05) is 13.1 Å². The van der Waals surface area contributed by atoms with Crippen LogP contribution in [0.4, 0.5) is 0 Å². The molecule has 0 aromatic rings.